The predicted octanol–water partition coefficient (Wildman–Crippen LogP) is 1.87. The van der Waals surface area contributed by atoms with E-state index in [1.807, 2.05) is 25.7 Å². The maximum absolute atomic E-state index is 12.1. The lowest BCUT2D eigenvalue weighted by Crippen LogP contribution is -2.42. The second-order valence-electron chi connectivity index (χ2n) is 6.38. The van der Waals surface area contributed by atoms with Crippen molar-refractivity contribution in [1.82, 2.24) is 15.1 Å². The van der Waals surface area contributed by atoms with Crippen molar-refractivity contribution >= 4 is 23.4 Å². The van der Waals surface area contributed by atoms with Crippen LogP contribution in [0.5, 0.6) is 0 Å². The molecule has 0 aliphatic carbocycles. The standard InChI is InChI=1S/C14H21ClN4O3/c1-14(2,3)22-13(21)18(4)9-5-6-19(8-9)10-7-16-17-12(20)11(10)15/h7,9H,5-6,8H2,1-4H3,(H,17,20). The molecular weight excluding hydrogens is 308 g/mol. The molecule has 1 unspecified atom stereocenters. The van der Waals surface area contributed by atoms with E-state index in [0.29, 0.717) is 18.8 Å². The third kappa shape index (κ3) is 3.71. The fourth-order valence-electron chi connectivity index (χ4n) is 2.35. The van der Waals surface area contributed by atoms with Crippen LogP contribution in [-0.2, 0) is 4.74 Å². The molecule has 1 aromatic heterocycles. The topological polar surface area (TPSA) is 78.5 Å². The first-order valence-corrected chi connectivity index (χ1v) is 7.51. The Labute approximate surface area is 134 Å². The molecule has 1 aromatic rings. The molecule has 122 valence electrons. The van der Waals surface area contributed by atoms with Crippen molar-refractivity contribution in [2.75, 3.05) is 25.0 Å². The normalized spacial score (nSPS) is 18.4. The number of nitrogens with zero attached hydrogens (tertiary/aromatic N) is 3. The number of halogens is 1. The van der Waals surface area contributed by atoms with Crippen molar-refractivity contribution < 1.29 is 9.53 Å². The number of ether oxygens (including phenoxy) is 1. The van der Waals surface area contributed by atoms with Crippen LogP contribution in [0.15, 0.2) is 11.0 Å². The largest absolute Gasteiger partial charge is 0.444 e. The Bertz CT molecular complexity index is 611. The molecule has 1 N–H and O–H groups in total. The smallest absolute Gasteiger partial charge is 0.410 e. The lowest BCUT2D eigenvalue weighted by atomic mass is 10.2. The molecule has 0 saturated carbocycles. The highest BCUT2D eigenvalue weighted by Gasteiger charge is 2.32. The van der Waals surface area contributed by atoms with E-state index in [-0.39, 0.29) is 17.2 Å². The Hall–Kier alpha value is -1.76. The third-order valence-electron chi connectivity index (χ3n) is 3.51. The van der Waals surface area contributed by atoms with Gasteiger partial charge in [0.2, 0.25) is 0 Å². The van der Waals surface area contributed by atoms with Crippen molar-refractivity contribution in [3.63, 3.8) is 0 Å². The fourth-order valence-corrected chi connectivity index (χ4v) is 2.56. The van der Waals surface area contributed by atoms with E-state index in [2.05, 4.69) is 10.2 Å². The van der Waals surface area contributed by atoms with Gasteiger partial charge in [-0.1, -0.05) is 11.6 Å². The zero-order valence-electron chi connectivity index (χ0n) is 13.2. The molecule has 1 saturated heterocycles. The summed E-state index contributed by atoms with van der Waals surface area (Å²) in [6.45, 7) is 6.79. The van der Waals surface area contributed by atoms with Gasteiger partial charge in [0.25, 0.3) is 5.56 Å². The second kappa shape index (κ2) is 6.16. The Morgan fingerprint density at radius 3 is 2.86 bits per heavy atom. The summed E-state index contributed by atoms with van der Waals surface area (Å²) in [5.41, 5.74) is -0.350. The Kier molecular flexibility index (Phi) is 4.65. The summed E-state index contributed by atoms with van der Waals surface area (Å²) in [5, 5.41) is 6.19. The fraction of sp³-hybridized carbons (Fsp3) is 0.643. The molecule has 1 fully saturated rings. The molecule has 22 heavy (non-hydrogen) atoms. The van der Waals surface area contributed by atoms with Gasteiger partial charge in [-0.15, -0.1) is 0 Å². The van der Waals surface area contributed by atoms with Gasteiger partial charge in [-0.05, 0) is 27.2 Å². The molecule has 1 aliphatic rings. The molecule has 0 aromatic carbocycles. The monoisotopic (exact) mass is 328 g/mol. The number of rotatable bonds is 2. The molecule has 0 bridgehead atoms. The van der Waals surface area contributed by atoms with Gasteiger partial charge in [-0.2, -0.15) is 5.10 Å². The highest BCUT2D eigenvalue weighted by molar-refractivity contribution is 6.33. The van der Waals surface area contributed by atoms with E-state index in [0.717, 1.165) is 6.42 Å². The van der Waals surface area contributed by atoms with Crippen LogP contribution >= 0.6 is 11.6 Å². The minimum Gasteiger partial charge on any atom is -0.444 e. The summed E-state index contributed by atoms with van der Waals surface area (Å²) >= 11 is 6.02. The van der Waals surface area contributed by atoms with Crippen LogP contribution in [-0.4, -0.2) is 53.0 Å². The minimum absolute atomic E-state index is 0.00482. The van der Waals surface area contributed by atoms with Gasteiger partial charge in [-0.25, -0.2) is 9.89 Å². The minimum atomic E-state index is -0.524. The highest BCUT2D eigenvalue weighted by atomic mass is 35.5. The number of aromatic amines is 1. The molecule has 7 nitrogen and oxygen atoms in total. The summed E-state index contributed by atoms with van der Waals surface area (Å²) in [4.78, 5) is 27.2. The van der Waals surface area contributed by atoms with Gasteiger partial charge < -0.3 is 14.5 Å². The number of likely N-dealkylation sites (N-methyl/N-ethyl adjacent to an activating group) is 1. The molecule has 1 aliphatic heterocycles. The quantitative estimate of drug-likeness (QED) is 0.896. The maximum atomic E-state index is 12.1. The van der Waals surface area contributed by atoms with Gasteiger partial charge >= 0.3 is 6.09 Å². The Balaban J connectivity index is 2.05. The van der Waals surface area contributed by atoms with Crippen LogP contribution in [0.2, 0.25) is 5.02 Å². The zero-order chi connectivity index (χ0) is 16.5. The molecule has 1 atom stereocenters. The molecule has 2 heterocycles. The molecule has 8 heteroatoms. The summed E-state index contributed by atoms with van der Waals surface area (Å²) < 4.78 is 5.37. The van der Waals surface area contributed by atoms with E-state index in [1.54, 1.807) is 11.9 Å². The van der Waals surface area contributed by atoms with E-state index < -0.39 is 11.2 Å². The second-order valence-corrected chi connectivity index (χ2v) is 6.76. The Morgan fingerprint density at radius 1 is 1.55 bits per heavy atom. The van der Waals surface area contributed by atoms with E-state index in [9.17, 15) is 9.59 Å². The molecule has 2 rings (SSSR count). The van der Waals surface area contributed by atoms with Crippen LogP contribution < -0.4 is 10.5 Å². The summed E-state index contributed by atoms with van der Waals surface area (Å²) in [7, 11) is 1.72. The lowest BCUT2D eigenvalue weighted by Gasteiger charge is -2.28. The number of nitrogens with one attached hydrogen (secondary N) is 1. The average Bonchev–Trinajstić information content (AvgIpc) is 2.88. The van der Waals surface area contributed by atoms with E-state index >= 15 is 0 Å². The molecular formula is C14H21ClN4O3. The first kappa shape index (κ1) is 16.6. The van der Waals surface area contributed by atoms with Crippen molar-refractivity contribution in [1.29, 1.82) is 0 Å². The summed E-state index contributed by atoms with van der Waals surface area (Å²) in [6.07, 6.45) is 1.95. The van der Waals surface area contributed by atoms with Crippen LogP contribution in [0.3, 0.4) is 0 Å². The number of carbonyl (C=O) groups excluding carboxylic acids is 1. The lowest BCUT2D eigenvalue weighted by molar-refractivity contribution is 0.0238. The number of anilines is 1. The van der Waals surface area contributed by atoms with Crippen molar-refractivity contribution in [3.05, 3.63) is 21.6 Å². The molecule has 0 spiro atoms. The number of aromatic nitrogens is 2. The highest BCUT2D eigenvalue weighted by Crippen LogP contribution is 2.26. The summed E-state index contributed by atoms with van der Waals surface area (Å²) in [6, 6.07) is 0.00482. The van der Waals surface area contributed by atoms with Crippen LogP contribution in [0, 0.1) is 0 Å². The van der Waals surface area contributed by atoms with Crippen molar-refractivity contribution in [2.45, 2.75) is 38.8 Å². The van der Waals surface area contributed by atoms with Gasteiger partial charge in [0.05, 0.1) is 17.9 Å². The Morgan fingerprint density at radius 2 is 2.23 bits per heavy atom. The van der Waals surface area contributed by atoms with Crippen LogP contribution in [0.25, 0.3) is 0 Å². The number of amides is 1. The van der Waals surface area contributed by atoms with Gasteiger partial charge in [0.15, 0.2) is 0 Å². The zero-order valence-corrected chi connectivity index (χ0v) is 14.0. The van der Waals surface area contributed by atoms with Crippen LogP contribution in [0.1, 0.15) is 27.2 Å². The molecule has 0 radical (unpaired) electrons. The van der Waals surface area contributed by atoms with Crippen LogP contribution in [0.4, 0.5) is 10.5 Å². The number of carbonyl (C=O) groups is 1. The van der Waals surface area contributed by atoms with Crippen molar-refractivity contribution in [3.8, 4) is 0 Å². The maximum Gasteiger partial charge on any atom is 0.410 e. The first-order valence-electron chi connectivity index (χ1n) is 7.13. The average molecular weight is 329 g/mol. The number of H-pyrrole nitrogens is 1. The van der Waals surface area contributed by atoms with E-state index in [1.165, 1.54) is 6.20 Å². The van der Waals surface area contributed by atoms with Gasteiger partial charge in [0, 0.05) is 20.1 Å². The SMILES string of the molecule is CN(C(=O)OC(C)(C)C)C1CCN(c2cn[nH]c(=O)c2Cl)C1. The van der Waals surface area contributed by atoms with E-state index in [4.69, 9.17) is 16.3 Å². The summed E-state index contributed by atoms with van der Waals surface area (Å²) in [5.74, 6) is 0. The number of hydrogen-bond donors (Lipinski definition) is 1. The van der Waals surface area contributed by atoms with Gasteiger partial charge in [-0.3, -0.25) is 4.79 Å². The van der Waals surface area contributed by atoms with Crippen molar-refractivity contribution in [2.24, 2.45) is 0 Å². The molecule has 1 amide bonds. The van der Waals surface area contributed by atoms with Gasteiger partial charge in [0.1, 0.15) is 10.6 Å². The third-order valence-corrected chi connectivity index (χ3v) is 3.88. The first-order chi connectivity index (χ1) is 10.2. The number of hydrogen-bond acceptors (Lipinski definition) is 5. The predicted molar refractivity (Wildman–Crippen MR) is 84.5 cm³/mol.